The average molecular weight is 305 g/mol. The van der Waals surface area contributed by atoms with Gasteiger partial charge in [-0.1, -0.05) is 12.1 Å². The van der Waals surface area contributed by atoms with Crippen molar-refractivity contribution in [2.24, 2.45) is 4.99 Å². The van der Waals surface area contributed by atoms with Gasteiger partial charge in [-0.2, -0.15) is 11.8 Å². The number of nitrogens with one attached hydrogen (secondary N) is 2. The van der Waals surface area contributed by atoms with Crippen molar-refractivity contribution >= 4 is 28.8 Å². The van der Waals surface area contributed by atoms with Gasteiger partial charge in [-0.25, -0.2) is 4.98 Å². The highest BCUT2D eigenvalue weighted by Crippen LogP contribution is 2.11. The van der Waals surface area contributed by atoms with E-state index in [0.29, 0.717) is 0 Å². The van der Waals surface area contributed by atoms with Crippen LogP contribution in [0.4, 0.5) is 0 Å². The van der Waals surface area contributed by atoms with E-state index in [2.05, 4.69) is 43.6 Å². The lowest BCUT2D eigenvalue weighted by Crippen LogP contribution is -2.39. The van der Waals surface area contributed by atoms with Gasteiger partial charge in [0.15, 0.2) is 5.96 Å². The summed E-state index contributed by atoms with van der Waals surface area (Å²) >= 11 is 1.83. The van der Waals surface area contributed by atoms with Gasteiger partial charge in [-0.05, 0) is 24.8 Å². The number of hydrogen-bond acceptors (Lipinski definition) is 3. The number of aromatic nitrogens is 2. The summed E-state index contributed by atoms with van der Waals surface area (Å²) in [6.45, 7) is 2.79. The van der Waals surface area contributed by atoms with Gasteiger partial charge >= 0.3 is 0 Å². The first-order valence-electron chi connectivity index (χ1n) is 7.18. The fourth-order valence-corrected chi connectivity index (χ4v) is 2.44. The maximum atomic E-state index is 4.40. The summed E-state index contributed by atoms with van der Waals surface area (Å²) in [6.07, 6.45) is 5.05. The van der Waals surface area contributed by atoms with Gasteiger partial charge in [0.2, 0.25) is 0 Å². The molecule has 0 radical (unpaired) electrons. The molecule has 2 N–H and O–H groups in total. The molecule has 2 rings (SSSR count). The van der Waals surface area contributed by atoms with Crippen LogP contribution in [0, 0.1) is 0 Å². The standard InChI is InChI=1S/C15H23N5S/c1-16-15(18-9-11-21-2)17-8-5-10-20-12-19-13-6-3-4-7-14(13)20/h3-4,6-7,12H,5,8-11H2,1-2H3,(H2,16,17,18). The van der Waals surface area contributed by atoms with Crippen LogP contribution in [0.2, 0.25) is 0 Å². The minimum absolute atomic E-state index is 0.875. The van der Waals surface area contributed by atoms with Crippen molar-refractivity contribution in [2.45, 2.75) is 13.0 Å². The molecule has 0 bridgehead atoms. The number of guanidine groups is 1. The highest BCUT2D eigenvalue weighted by Gasteiger charge is 2.01. The third-order valence-corrected chi connectivity index (χ3v) is 3.83. The Balaban J connectivity index is 1.74. The van der Waals surface area contributed by atoms with E-state index in [1.165, 1.54) is 5.52 Å². The zero-order chi connectivity index (χ0) is 14.9. The van der Waals surface area contributed by atoms with E-state index in [1.54, 1.807) is 7.05 Å². The van der Waals surface area contributed by atoms with Gasteiger partial charge < -0.3 is 15.2 Å². The second kappa shape index (κ2) is 8.56. The number of para-hydroxylation sites is 2. The summed E-state index contributed by atoms with van der Waals surface area (Å²) in [7, 11) is 1.80. The minimum Gasteiger partial charge on any atom is -0.356 e. The molecule has 1 aromatic heterocycles. The van der Waals surface area contributed by atoms with Crippen molar-refractivity contribution in [3.8, 4) is 0 Å². The molecule has 0 atom stereocenters. The van der Waals surface area contributed by atoms with Gasteiger partial charge in [-0.3, -0.25) is 4.99 Å². The molecule has 21 heavy (non-hydrogen) atoms. The second-order valence-corrected chi connectivity index (χ2v) is 5.68. The number of rotatable bonds is 7. The summed E-state index contributed by atoms with van der Waals surface area (Å²) in [4.78, 5) is 8.61. The first-order chi connectivity index (χ1) is 10.3. The van der Waals surface area contributed by atoms with Gasteiger partial charge in [0.1, 0.15) is 0 Å². The molecule has 2 aromatic rings. The average Bonchev–Trinajstić information content (AvgIpc) is 2.93. The van der Waals surface area contributed by atoms with Crippen LogP contribution in [-0.2, 0) is 6.54 Å². The molecule has 0 aliphatic carbocycles. The van der Waals surface area contributed by atoms with E-state index < -0.39 is 0 Å². The third-order valence-electron chi connectivity index (χ3n) is 3.22. The zero-order valence-corrected chi connectivity index (χ0v) is 13.5. The van der Waals surface area contributed by atoms with E-state index in [0.717, 1.165) is 43.3 Å². The normalized spacial score (nSPS) is 11.8. The Morgan fingerprint density at radius 2 is 2.10 bits per heavy atom. The van der Waals surface area contributed by atoms with Gasteiger partial charge in [0, 0.05) is 32.4 Å². The molecule has 0 saturated heterocycles. The lowest BCUT2D eigenvalue weighted by atomic mass is 10.3. The van der Waals surface area contributed by atoms with Crippen molar-refractivity contribution in [1.82, 2.24) is 20.2 Å². The number of aryl methyl sites for hydroxylation is 1. The van der Waals surface area contributed by atoms with Crippen LogP contribution in [0.1, 0.15) is 6.42 Å². The van der Waals surface area contributed by atoms with Crippen molar-refractivity contribution in [2.75, 3.05) is 32.1 Å². The van der Waals surface area contributed by atoms with Crippen LogP contribution in [0.5, 0.6) is 0 Å². The zero-order valence-electron chi connectivity index (χ0n) is 12.7. The smallest absolute Gasteiger partial charge is 0.191 e. The number of aliphatic imine (C=N–C) groups is 1. The van der Waals surface area contributed by atoms with Crippen molar-refractivity contribution in [1.29, 1.82) is 0 Å². The molecule has 1 aromatic carbocycles. The van der Waals surface area contributed by atoms with Crippen molar-refractivity contribution in [3.63, 3.8) is 0 Å². The maximum Gasteiger partial charge on any atom is 0.191 e. The summed E-state index contributed by atoms with van der Waals surface area (Å²) in [5.41, 5.74) is 2.25. The largest absolute Gasteiger partial charge is 0.356 e. The molecule has 6 heteroatoms. The van der Waals surface area contributed by atoms with Gasteiger partial charge in [0.25, 0.3) is 0 Å². The van der Waals surface area contributed by atoms with Gasteiger partial charge in [-0.15, -0.1) is 0 Å². The van der Waals surface area contributed by atoms with Crippen LogP contribution in [0.15, 0.2) is 35.6 Å². The first-order valence-corrected chi connectivity index (χ1v) is 8.58. The predicted octanol–water partition coefficient (Wildman–Crippen LogP) is 1.95. The molecule has 5 nitrogen and oxygen atoms in total. The number of fused-ring (bicyclic) bond motifs is 1. The molecule has 0 amide bonds. The number of imidazole rings is 1. The Morgan fingerprint density at radius 3 is 2.90 bits per heavy atom. The number of nitrogens with zero attached hydrogens (tertiary/aromatic N) is 3. The van der Waals surface area contributed by atoms with Crippen LogP contribution >= 0.6 is 11.8 Å². The fourth-order valence-electron chi connectivity index (χ4n) is 2.14. The second-order valence-electron chi connectivity index (χ2n) is 4.70. The lowest BCUT2D eigenvalue weighted by molar-refractivity contribution is 0.638. The van der Waals surface area contributed by atoms with E-state index in [-0.39, 0.29) is 0 Å². The van der Waals surface area contributed by atoms with E-state index in [4.69, 9.17) is 0 Å². The fraction of sp³-hybridized carbons (Fsp3) is 0.467. The highest BCUT2D eigenvalue weighted by molar-refractivity contribution is 7.98. The number of hydrogen-bond donors (Lipinski definition) is 2. The van der Waals surface area contributed by atoms with E-state index in [1.807, 2.05) is 30.2 Å². The highest BCUT2D eigenvalue weighted by atomic mass is 32.2. The first kappa shape index (κ1) is 15.7. The van der Waals surface area contributed by atoms with E-state index >= 15 is 0 Å². The van der Waals surface area contributed by atoms with Crippen LogP contribution in [0.3, 0.4) is 0 Å². The molecule has 0 saturated carbocycles. The van der Waals surface area contributed by atoms with Crippen molar-refractivity contribution in [3.05, 3.63) is 30.6 Å². The summed E-state index contributed by atoms with van der Waals surface area (Å²) in [6, 6.07) is 8.22. The Hall–Kier alpha value is -1.69. The minimum atomic E-state index is 0.875. The molecule has 0 fully saturated rings. The Bertz CT molecular complexity index is 578. The van der Waals surface area contributed by atoms with Gasteiger partial charge in [0.05, 0.1) is 17.4 Å². The van der Waals surface area contributed by atoms with Crippen LogP contribution in [0.25, 0.3) is 11.0 Å². The monoisotopic (exact) mass is 305 g/mol. The number of benzene rings is 1. The van der Waals surface area contributed by atoms with Crippen LogP contribution < -0.4 is 10.6 Å². The molecular formula is C15H23N5S. The summed E-state index contributed by atoms with van der Waals surface area (Å²) in [5, 5.41) is 6.63. The summed E-state index contributed by atoms with van der Waals surface area (Å²) in [5.74, 6) is 1.96. The molecule has 0 aliphatic heterocycles. The van der Waals surface area contributed by atoms with Crippen LogP contribution in [-0.4, -0.2) is 47.7 Å². The molecule has 0 aliphatic rings. The maximum absolute atomic E-state index is 4.40. The summed E-state index contributed by atoms with van der Waals surface area (Å²) < 4.78 is 2.20. The molecule has 0 spiro atoms. The topological polar surface area (TPSA) is 54.2 Å². The molecule has 0 unspecified atom stereocenters. The number of thioether (sulfide) groups is 1. The SMILES string of the molecule is CN=C(NCCCn1cnc2ccccc21)NCCSC. The molecule has 1 heterocycles. The van der Waals surface area contributed by atoms with E-state index in [9.17, 15) is 0 Å². The third kappa shape index (κ3) is 4.67. The predicted molar refractivity (Wildman–Crippen MR) is 92.1 cm³/mol. The Morgan fingerprint density at radius 1 is 1.29 bits per heavy atom. The lowest BCUT2D eigenvalue weighted by Gasteiger charge is -2.11. The molecule has 114 valence electrons. The quantitative estimate of drug-likeness (QED) is 0.466. The Kier molecular flexibility index (Phi) is 6.40. The Labute approximate surface area is 130 Å². The van der Waals surface area contributed by atoms with Crippen molar-refractivity contribution < 1.29 is 0 Å². The molecular weight excluding hydrogens is 282 g/mol.